The van der Waals surface area contributed by atoms with Crippen molar-refractivity contribution in [2.24, 2.45) is 0 Å². The minimum absolute atomic E-state index is 0.0185. The molecule has 17 heavy (non-hydrogen) atoms. The summed E-state index contributed by atoms with van der Waals surface area (Å²) in [6.45, 7) is 0. The van der Waals surface area contributed by atoms with Crippen LogP contribution < -0.4 is 0 Å². The van der Waals surface area contributed by atoms with Crippen LogP contribution in [0.3, 0.4) is 0 Å². The maximum absolute atomic E-state index is 11.2. The van der Waals surface area contributed by atoms with E-state index in [9.17, 15) is 13.2 Å². The molecular weight excluding hydrogens is 244 g/mol. The number of carbonyl (C=O) groups is 1. The first-order chi connectivity index (χ1) is 7.91. The van der Waals surface area contributed by atoms with Gasteiger partial charge in [-0.05, 0) is 17.5 Å². The fourth-order valence-corrected chi connectivity index (χ4v) is 2.44. The summed E-state index contributed by atoms with van der Waals surface area (Å²) in [5, 5.41) is 9.46. The first-order valence-electron chi connectivity index (χ1n) is 4.64. The van der Waals surface area contributed by atoms with Crippen LogP contribution >= 0.6 is 0 Å². The summed E-state index contributed by atoms with van der Waals surface area (Å²) in [5.41, 5.74) is -0.157. The van der Waals surface area contributed by atoms with E-state index in [4.69, 9.17) is 9.66 Å². The van der Waals surface area contributed by atoms with Crippen molar-refractivity contribution in [3.63, 3.8) is 0 Å². The van der Waals surface area contributed by atoms with E-state index in [1.807, 2.05) is 0 Å². The molecule has 0 saturated heterocycles. The number of hydrogen-bond acceptors (Lipinski definition) is 3. The molecule has 0 amide bonds. The van der Waals surface area contributed by atoms with Gasteiger partial charge in [0.2, 0.25) is 0 Å². The van der Waals surface area contributed by atoms with Gasteiger partial charge in [-0.3, -0.25) is 4.55 Å². The van der Waals surface area contributed by atoms with Gasteiger partial charge in [-0.2, -0.15) is 8.42 Å². The van der Waals surface area contributed by atoms with Crippen LogP contribution in [0.5, 0.6) is 0 Å². The molecule has 0 aromatic heterocycles. The molecule has 0 aliphatic heterocycles. The fraction of sp³-hybridized carbons (Fsp3) is 0. The molecule has 5 nitrogen and oxygen atoms in total. The van der Waals surface area contributed by atoms with Gasteiger partial charge in [-0.15, -0.1) is 0 Å². The lowest BCUT2D eigenvalue weighted by Gasteiger charge is -2.06. The summed E-state index contributed by atoms with van der Waals surface area (Å²) in [4.78, 5) is 10.6. The highest BCUT2D eigenvalue weighted by Gasteiger charge is 2.18. The molecule has 0 spiro atoms. The number of rotatable bonds is 2. The van der Waals surface area contributed by atoms with Crippen LogP contribution in [-0.4, -0.2) is 24.0 Å². The van der Waals surface area contributed by atoms with Gasteiger partial charge in [-0.25, -0.2) is 4.79 Å². The summed E-state index contributed by atoms with van der Waals surface area (Å²) >= 11 is 0. The smallest absolute Gasteiger partial charge is 0.336 e. The van der Waals surface area contributed by atoms with Crippen molar-refractivity contribution in [2.75, 3.05) is 0 Å². The van der Waals surface area contributed by atoms with E-state index in [2.05, 4.69) is 0 Å². The van der Waals surface area contributed by atoms with Gasteiger partial charge >= 0.3 is 5.97 Å². The minimum atomic E-state index is -4.45. The first kappa shape index (κ1) is 11.6. The predicted molar refractivity (Wildman–Crippen MR) is 60.7 cm³/mol. The number of fused-ring (bicyclic) bond motifs is 1. The van der Waals surface area contributed by atoms with Crippen molar-refractivity contribution in [1.82, 2.24) is 0 Å². The summed E-state index contributed by atoms with van der Waals surface area (Å²) in [7, 11) is -4.45. The summed E-state index contributed by atoms with van der Waals surface area (Å²) in [6.07, 6.45) is 0. The van der Waals surface area contributed by atoms with E-state index in [1.54, 1.807) is 12.1 Å². The Bertz CT molecular complexity index is 698. The highest BCUT2D eigenvalue weighted by Crippen LogP contribution is 2.26. The van der Waals surface area contributed by atoms with Gasteiger partial charge in [0.1, 0.15) is 4.90 Å². The molecule has 0 radical (unpaired) electrons. The lowest BCUT2D eigenvalue weighted by molar-refractivity contribution is 0.0699. The molecule has 0 fully saturated rings. The summed E-state index contributed by atoms with van der Waals surface area (Å²) < 4.78 is 31.4. The van der Waals surface area contributed by atoms with Crippen molar-refractivity contribution >= 4 is 26.9 Å². The summed E-state index contributed by atoms with van der Waals surface area (Å²) in [6, 6.07) is 8.58. The number of carboxylic acid groups (broad SMARTS) is 1. The Morgan fingerprint density at radius 3 is 2.18 bits per heavy atom. The molecule has 0 heterocycles. The molecule has 0 atom stereocenters. The molecule has 0 bridgehead atoms. The van der Waals surface area contributed by atoms with Crippen LogP contribution in [-0.2, 0) is 10.1 Å². The van der Waals surface area contributed by atoms with Gasteiger partial charge in [0.15, 0.2) is 0 Å². The van der Waals surface area contributed by atoms with Crippen molar-refractivity contribution < 1.29 is 22.9 Å². The number of benzene rings is 2. The Morgan fingerprint density at radius 2 is 1.65 bits per heavy atom. The van der Waals surface area contributed by atoms with E-state index in [1.165, 1.54) is 24.3 Å². The van der Waals surface area contributed by atoms with Crippen LogP contribution in [0.2, 0.25) is 0 Å². The highest BCUT2D eigenvalue weighted by atomic mass is 32.2. The zero-order valence-electron chi connectivity index (χ0n) is 8.49. The van der Waals surface area contributed by atoms with Crippen LogP contribution in [0.4, 0.5) is 0 Å². The largest absolute Gasteiger partial charge is 0.478 e. The number of aromatic carboxylic acids is 1. The average Bonchev–Trinajstić information content (AvgIpc) is 2.26. The molecule has 2 rings (SSSR count). The maximum Gasteiger partial charge on any atom is 0.336 e. The summed E-state index contributed by atoms with van der Waals surface area (Å²) in [5.74, 6) is -1.24. The Labute approximate surface area is 97.1 Å². The molecule has 0 unspecified atom stereocenters. The normalized spacial score (nSPS) is 11.6. The van der Waals surface area contributed by atoms with E-state index in [-0.39, 0.29) is 10.9 Å². The highest BCUT2D eigenvalue weighted by molar-refractivity contribution is 7.86. The van der Waals surface area contributed by atoms with Crippen LogP contribution in [0, 0.1) is 0 Å². The minimum Gasteiger partial charge on any atom is -0.478 e. The first-order valence-corrected chi connectivity index (χ1v) is 6.08. The Balaban J connectivity index is 3.01. The fourth-order valence-electron chi connectivity index (χ4n) is 1.70. The van der Waals surface area contributed by atoms with Crippen LogP contribution in [0.15, 0.2) is 41.3 Å². The zero-order chi connectivity index (χ0) is 12.6. The third kappa shape index (κ3) is 2.00. The second-order valence-electron chi connectivity index (χ2n) is 3.44. The predicted octanol–water partition coefficient (Wildman–Crippen LogP) is 1.78. The monoisotopic (exact) mass is 252 g/mol. The van der Waals surface area contributed by atoms with Gasteiger partial charge < -0.3 is 5.11 Å². The molecule has 0 aliphatic carbocycles. The van der Waals surface area contributed by atoms with Crippen LogP contribution in [0.1, 0.15) is 10.4 Å². The molecule has 6 heteroatoms. The maximum atomic E-state index is 11.2. The molecule has 2 N–H and O–H groups in total. The average molecular weight is 252 g/mol. The molecule has 2 aromatic rings. The van der Waals surface area contributed by atoms with Crippen molar-refractivity contribution in [1.29, 1.82) is 0 Å². The van der Waals surface area contributed by atoms with Crippen molar-refractivity contribution in [3.05, 3.63) is 42.0 Å². The van der Waals surface area contributed by atoms with E-state index in [0.29, 0.717) is 5.39 Å². The third-order valence-corrected chi connectivity index (χ3v) is 3.27. The van der Waals surface area contributed by atoms with Gasteiger partial charge in [0, 0.05) is 5.39 Å². The quantitative estimate of drug-likeness (QED) is 0.795. The molecule has 88 valence electrons. The van der Waals surface area contributed by atoms with E-state index < -0.39 is 21.0 Å². The van der Waals surface area contributed by atoms with Gasteiger partial charge in [0.25, 0.3) is 10.1 Å². The number of carboxylic acids is 1. The lowest BCUT2D eigenvalue weighted by Crippen LogP contribution is -2.04. The Morgan fingerprint density at radius 1 is 1.06 bits per heavy atom. The standard InChI is InChI=1S/C11H8O5S/c12-11(13)8-5-1-3-7-4-2-6-9(10(7)8)17(14,15)16/h1-6H,(H,12,13)(H,14,15,16). The van der Waals surface area contributed by atoms with E-state index >= 15 is 0 Å². The second-order valence-corrected chi connectivity index (χ2v) is 4.83. The Kier molecular flexibility index (Phi) is 2.60. The van der Waals surface area contributed by atoms with Crippen LogP contribution in [0.25, 0.3) is 10.8 Å². The topological polar surface area (TPSA) is 91.7 Å². The SMILES string of the molecule is O=C(O)c1cccc2cccc(S(=O)(=O)O)c12. The molecule has 2 aromatic carbocycles. The Hall–Kier alpha value is -1.92. The lowest BCUT2D eigenvalue weighted by atomic mass is 10.0. The molecule has 0 saturated carbocycles. The van der Waals surface area contributed by atoms with Gasteiger partial charge in [0.05, 0.1) is 5.56 Å². The van der Waals surface area contributed by atoms with E-state index in [0.717, 1.165) is 0 Å². The molecule has 0 aliphatic rings. The van der Waals surface area contributed by atoms with Crippen molar-refractivity contribution in [3.8, 4) is 0 Å². The zero-order valence-corrected chi connectivity index (χ0v) is 9.31. The second kappa shape index (κ2) is 3.83. The number of hydrogen-bond donors (Lipinski definition) is 2. The van der Waals surface area contributed by atoms with Crippen molar-refractivity contribution in [2.45, 2.75) is 4.90 Å². The third-order valence-electron chi connectivity index (χ3n) is 2.37. The molecular formula is C11H8O5S. The van der Waals surface area contributed by atoms with Gasteiger partial charge in [-0.1, -0.05) is 24.3 Å².